The van der Waals surface area contributed by atoms with Crippen LogP contribution in [0.5, 0.6) is 5.75 Å². The number of allylic oxidation sites excluding steroid dienone is 2. The highest BCUT2D eigenvalue weighted by Crippen LogP contribution is 2.46. The standard InChI is InChI=1S/C22H19Cl2NO3/c1-28-14-10-8-13(9-11-14)25-18-6-3-7-19(26)21(18)16(12-20(25)27)15-4-2-5-17(23)22(15)24/h2,4-5,8-11,16H,3,6-7,12H2,1H3. The molecule has 1 aliphatic heterocycles. The van der Waals surface area contributed by atoms with E-state index < -0.39 is 0 Å². The van der Waals surface area contributed by atoms with Crippen LogP contribution in [0.4, 0.5) is 5.69 Å². The number of hydrogen-bond acceptors (Lipinski definition) is 3. The van der Waals surface area contributed by atoms with Crippen molar-refractivity contribution in [1.82, 2.24) is 0 Å². The van der Waals surface area contributed by atoms with Crippen LogP contribution in [0.15, 0.2) is 53.7 Å². The lowest BCUT2D eigenvalue weighted by molar-refractivity contribution is -0.119. The lowest BCUT2D eigenvalue weighted by Gasteiger charge is -2.38. The van der Waals surface area contributed by atoms with Gasteiger partial charge < -0.3 is 4.74 Å². The molecular formula is C22H19Cl2NO3. The summed E-state index contributed by atoms with van der Waals surface area (Å²) in [4.78, 5) is 27.7. The van der Waals surface area contributed by atoms with Gasteiger partial charge in [-0.1, -0.05) is 35.3 Å². The van der Waals surface area contributed by atoms with Gasteiger partial charge >= 0.3 is 0 Å². The number of halogens is 2. The molecule has 144 valence electrons. The van der Waals surface area contributed by atoms with Crippen molar-refractivity contribution >= 4 is 40.6 Å². The Kier molecular flexibility index (Phi) is 5.17. The summed E-state index contributed by atoms with van der Waals surface area (Å²) in [6.45, 7) is 0. The molecule has 0 spiro atoms. The Labute approximate surface area is 173 Å². The molecule has 2 aromatic carbocycles. The van der Waals surface area contributed by atoms with Crippen molar-refractivity contribution in [3.8, 4) is 5.75 Å². The molecule has 4 rings (SSSR count). The summed E-state index contributed by atoms with van der Waals surface area (Å²) >= 11 is 12.6. The maximum atomic E-state index is 13.2. The van der Waals surface area contributed by atoms with Gasteiger partial charge in [0.15, 0.2) is 5.78 Å². The van der Waals surface area contributed by atoms with E-state index in [1.807, 2.05) is 30.3 Å². The van der Waals surface area contributed by atoms with Crippen LogP contribution >= 0.6 is 23.2 Å². The lowest BCUT2D eigenvalue weighted by Crippen LogP contribution is -2.40. The van der Waals surface area contributed by atoms with E-state index in [0.717, 1.165) is 23.4 Å². The number of carbonyl (C=O) groups is 2. The van der Waals surface area contributed by atoms with E-state index >= 15 is 0 Å². The fourth-order valence-electron chi connectivity index (χ4n) is 4.08. The fourth-order valence-corrected chi connectivity index (χ4v) is 4.52. The lowest BCUT2D eigenvalue weighted by atomic mass is 9.77. The van der Waals surface area contributed by atoms with Crippen molar-refractivity contribution in [3.63, 3.8) is 0 Å². The third-order valence-corrected chi connectivity index (χ3v) is 6.20. The number of hydrogen-bond donors (Lipinski definition) is 0. The molecule has 2 aromatic rings. The topological polar surface area (TPSA) is 46.6 Å². The van der Waals surface area contributed by atoms with E-state index in [2.05, 4.69) is 0 Å². The van der Waals surface area contributed by atoms with E-state index in [4.69, 9.17) is 27.9 Å². The second-order valence-corrected chi connectivity index (χ2v) is 7.75. The molecule has 2 aliphatic rings. The molecule has 28 heavy (non-hydrogen) atoms. The third kappa shape index (κ3) is 3.21. The van der Waals surface area contributed by atoms with Crippen molar-refractivity contribution in [3.05, 3.63) is 69.3 Å². The first kappa shape index (κ1) is 19.0. The molecule has 0 saturated carbocycles. The molecule has 0 bridgehead atoms. The van der Waals surface area contributed by atoms with Gasteiger partial charge in [0.25, 0.3) is 0 Å². The molecule has 6 heteroatoms. The van der Waals surface area contributed by atoms with Crippen molar-refractivity contribution in [2.45, 2.75) is 31.6 Å². The first-order valence-electron chi connectivity index (χ1n) is 9.18. The molecular weight excluding hydrogens is 397 g/mol. The Morgan fingerprint density at radius 1 is 1.04 bits per heavy atom. The van der Waals surface area contributed by atoms with Crippen molar-refractivity contribution < 1.29 is 14.3 Å². The highest BCUT2D eigenvalue weighted by atomic mass is 35.5. The molecule has 0 N–H and O–H groups in total. The van der Waals surface area contributed by atoms with E-state index in [1.54, 1.807) is 24.1 Å². The van der Waals surface area contributed by atoms with Gasteiger partial charge in [0.2, 0.25) is 5.91 Å². The largest absolute Gasteiger partial charge is 0.497 e. The number of rotatable bonds is 3. The van der Waals surface area contributed by atoms with Crippen LogP contribution in [0.1, 0.15) is 37.2 Å². The summed E-state index contributed by atoms with van der Waals surface area (Å²) in [5.41, 5.74) is 2.94. The second-order valence-electron chi connectivity index (χ2n) is 6.96. The third-order valence-electron chi connectivity index (χ3n) is 5.36. The van der Waals surface area contributed by atoms with Gasteiger partial charge in [-0.25, -0.2) is 0 Å². The average Bonchev–Trinajstić information content (AvgIpc) is 2.70. The number of amides is 1. The van der Waals surface area contributed by atoms with Gasteiger partial charge in [0.1, 0.15) is 5.75 Å². The molecule has 1 heterocycles. The molecule has 4 nitrogen and oxygen atoms in total. The highest BCUT2D eigenvalue weighted by Gasteiger charge is 2.40. The Morgan fingerprint density at radius 3 is 2.50 bits per heavy atom. The molecule has 1 aliphatic carbocycles. The number of nitrogens with zero attached hydrogens (tertiary/aromatic N) is 1. The summed E-state index contributed by atoms with van der Waals surface area (Å²) in [5, 5.41) is 0.833. The van der Waals surface area contributed by atoms with E-state index in [9.17, 15) is 9.59 Å². The average molecular weight is 416 g/mol. The van der Waals surface area contributed by atoms with Crippen LogP contribution in [0, 0.1) is 0 Å². The maximum absolute atomic E-state index is 13.2. The van der Waals surface area contributed by atoms with Gasteiger partial charge in [0, 0.05) is 35.7 Å². The van der Waals surface area contributed by atoms with Gasteiger partial charge in [-0.05, 0) is 48.7 Å². The van der Waals surface area contributed by atoms with Crippen LogP contribution in [0.2, 0.25) is 10.0 Å². The summed E-state index contributed by atoms with van der Waals surface area (Å²) in [6, 6.07) is 12.7. The number of benzene rings is 2. The van der Waals surface area contributed by atoms with Crippen LogP contribution in [-0.4, -0.2) is 18.8 Å². The molecule has 1 amide bonds. The Bertz CT molecular complexity index is 982. The van der Waals surface area contributed by atoms with Gasteiger partial charge in [-0.3, -0.25) is 14.5 Å². The van der Waals surface area contributed by atoms with Gasteiger partial charge in [-0.15, -0.1) is 0 Å². The Hall–Kier alpha value is -2.30. The normalized spacial score (nSPS) is 19.7. The van der Waals surface area contributed by atoms with Gasteiger partial charge in [-0.2, -0.15) is 0 Å². The number of carbonyl (C=O) groups excluding carboxylic acids is 2. The van der Waals surface area contributed by atoms with Crippen molar-refractivity contribution in [2.75, 3.05) is 12.0 Å². The van der Waals surface area contributed by atoms with Crippen LogP contribution < -0.4 is 9.64 Å². The smallest absolute Gasteiger partial charge is 0.232 e. The Balaban J connectivity index is 1.85. The molecule has 0 saturated heterocycles. The summed E-state index contributed by atoms with van der Waals surface area (Å²) in [5.74, 6) is 0.370. The maximum Gasteiger partial charge on any atom is 0.232 e. The molecule has 1 unspecified atom stereocenters. The predicted octanol–water partition coefficient (Wildman–Crippen LogP) is 5.53. The number of ether oxygens (including phenoxy) is 1. The number of methoxy groups -OCH3 is 1. The second kappa shape index (κ2) is 7.61. The zero-order chi connectivity index (χ0) is 19.8. The summed E-state index contributed by atoms with van der Waals surface area (Å²) in [6.07, 6.45) is 2.07. The predicted molar refractivity (Wildman–Crippen MR) is 110 cm³/mol. The summed E-state index contributed by atoms with van der Waals surface area (Å²) in [7, 11) is 1.60. The van der Waals surface area contributed by atoms with Crippen LogP contribution in [-0.2, 0) is 9.59 Å². The SMILES string of the molecule is COc1ccc(N2C(=O)CC(c3cccc(Cl)c3Cl)C3=C2CCCC3=O)cc1. The molecule has 0 radical (unpaired) electrons. The van der Waals surface area contributed by atoms with E-state index in [0.29, 0.717) is 34.2 Å². The zero-order valence-electron chi connectivity index (χ0n) is 15.4. The van der Waals surface area contributed by atoms with Crippen LogP contribution in [0.3, 0.4) is 0 Å². The minimum absolute atomic E-state index is 0.0559. The first-order chi connectivity index (χ1) is 13.5. The fraction of sp³-hybridized carbons (Fsp3) is 0.273. The first-order valence-corrected chi connectivity index (χ1v) is 9.94. The molecule has 0 fully saturated rings. The summed E-state index contributed by atoms with van der Waals surface area (Å²) < 4.78 is 5.21. The quantitative estimate of drug-likeness (QED) is 0.661. The molecule has 1 atom stereocenters. The minimum Gasteiger partial charge on any atom is -0.497 e. The van der Waals surface area contributed by atoms with Crippen molar-refractivity contribution in [2.24, 2.45) is 0 Å². The zero-order valence-corrected chi connectivity index (χ0v) is 16.9. The van der Waals surface area contributed by atoms with Crippen LogP contribution in [0.25, 0.3) is 0 Å². The minimum atomic E-state index is -0.365. The number of ketones is 1. The number of Topliss-reactive ketones (excluding diaryl/α,β-unsaturated/α-hetero) is 1. The van der Waals surface area contributed by atoms with Gasteiger partial charge in [0.05, 0.1) is 17.2 Å². The number of anilines is 1. The highest BCUT2D eigenvalue weighted by molar-refractivity contribution is 6.42. The van der Waals surface area contributed by atoms with E-state index in [-0.39, 0.29) is 24.0 Å². The van der Waals surface area contributed by atoms with E-state index in [1.165, 1.54) is 0 Å². The monoisotopic (exact) mass is 415 g/mol. The Morgan fingerprint density at radius 2 is 1.79 bits per heavy atom. The van der Waals surface area contributed by atoms with Crippen molar-refractivity contribution in [1.29, 1.82) is 0 Å². The molecule has 0 aromatic heterocycles.